The van der Waals surface area contributed by atoms with Crippen LogP contribution in [0.1, 0.15) is 19.4 Å². The van der Waals surface area contributed by atoms with Crippen molar-refractivity contribution in [1.82, 2.24) is 4.90 Å². The molecular weight excluding hydrogens is 306 g/mol. The maximum atomic E-state index is 12.0. The zero-order valence-corrected chi connectivity index (χ0v) is 13.1. The van der Waals surface area contributed by atoms with Gasteiger partial charge in [-0.05, 0) is 32.0 Å². The summed E-state index contributed by atoms with van der Waals surface area (Å²) in [5.41, 5.74) is 1.33. The molecule has 19 heavy (non-hydrogen) atoms. The van der Waals surface area contributed by atoms with Gasteiger partial charge in [0.1, 0.15) is 6.07 Å². The van der Waals surface area contributed by atoms with Crippen molar-refractivity contribution in [3.8, 4) is 6.07 Å². The van der Waals surface area contributed by atoms with E-state index in [1.54, 1.807) is 11.0 Å². The number of halogens is 1. The molecule has 0 aliphatic rings. The Kier molecular flexibility index (Phi) is 5.84. The number of hydrogen-bond donors (Lipinski definition) is 0. The van der Waals surface area contributed by atoms with Crippen LogP contribution in [0.2, 0.25) is 0 Å². The molecule has 0 spiro atoms. The third kappa shape index (κ3) is 3.97. The van der Waals surface area contributed by atoms with Crippen molar-refractivity contribution in [2.75, 3.05) is 31.6 Å². The van der Waals surface area contributed by atoms with Gasteiger partial charge in [-0.1, -0.05) is 15.9 Å². The summed E-state index contributed by atoms with van der Waals surface area (Å²) in [6.07, 6.45) is 0. The Bertz CT molecular complexity index is 492. The average Bonchev–Trinajstić information content (AvgIpc) is 2.39. The first kappa shape index (κ1) is 15.5. The molecule has 0 N–H and O–H groups in total. The van der Waals surface area contributed by atoms with Gasteiger partial charge in [-0.15, -0.1) is 0 Å². The second kappa shape index (κ2) is 7.15. The molecule has 102 valence electrons. The molecule has 0 fully saturated rings. The van der Waals surface area contributed by atoms with Gasteiger partial charge in [-0.2, -0.15) is 5.26 Å². The monoisotopic (exact) mass is 323 g/mol. The molecule has 1 rings (SSSR count). The topological polar surface area (TPSA) is 47.3 Å². The minimum Gasteiger partial charge on any atom is -0.364 e. The van der Waals surface area contributed by atoms with Crippen molar-refractivity contribution in [2.24, 2.45) is 0 Å². The first-order valence-electron chi connectivity index (χ1n) is 6.22. The number of benzene rings is 1. The van der Waals surface area contributed by atoms with Gasteiger partial charge in [-0.3, -0.25) is 4.79 Å². The van der Waals surface area contributed by atoms with E-state index in [1.165, 1.54) is 0 Å². The minimum atomic E-state index is 0.0688. The Morgan fingerprint density at radius 3 is 2.53 bits per heavy atom. The molecule has 0 unspecified atom stereocenters. The van der Waals surface area contributed by atoms with Gasteiger partial charge in [-0.25, -0.2) is 0 Å². The van der Waals surface area contributed by atoms with Crippen LogP contribution in [0.15, 0.2) is 22.7 Å². The third-order valence-electron chi connectivity index (χ3n) is 2.98. The van der Waals surface area contributed by atoms with Gasteiger partial charge in [0.2, 0.25) is 5.91 Å². The maximum Gasteiger partial charge on any atom is 0.242 e. The number of carbonyl (C=O) groups excluding carboxylic acids is 1. The molecule has 1 amide bonds. The van der Waals surface area contributed by atoms with Crippen molar-refractivity contribution in [1.29, 1.82) is 5.26 Å². The van der Waals surface area contributed by atoms with Gasteiger partial charge < -0.3 is 9.80 Å². The molecule has 1 aromatic carbocycles. The van der Waals surface area contributed by atoms with Crippen molar-refractivity contribution in [3.05, 3.63) is 28.2 Å². The maximum absolute atomic E-state index is 12.0. The van der Waals surface area contributed by atoms with Crippen LogP contribution in [0.5, 0.6) is 0 Å². The normalized spacial score (nSPS) is 9.84. The number of nitriles is 1. The molecule has 0 saturated heterocycles. The molecule has 0 atom stereocenters. The summed E-state index contributed by atoms with van der Waals surface area (Å²) >= 11 is 3.34. The van der Waals surface area contributed by atoms with Crippen LogP contribution in [0.25, 0.3) is 0 Å². The minimum absolute atomic E-state index is 0.0688. The van der Waals surface area contributed by atoms with E-state index in [0.29, 0.717) is 18.7 Å². The lowest BCUT2D eigenvalue weighted by molar-refractivity contribution is -0.129. The number of amides is 1. The highest BCUT2D eigenvalue weighted by Gasteiger charge is 2.15. The van der Waals surface area contributed by atoms with Crippen LogP contribution in [0.4, 0.5) is 5.69 Å². The van der Waals surface area contributed by atoms with Crippen molar-refractivity contribution in [3.63, 3.8) is 0 Å². The molecular formula is C14H18BrN3O. The first-order chi connectivity index (χ1) is 9.03. The van der Waals surface area contributed by atoms with Crippen molar-refractivity contribution < 1.29 is 4.79 Å². The second-order valence-electron chi connectivity index (χ2n) is 4.20. The molecule has 0 heterocycles. The molecule has 0 aliphatic carbocycles. The van der Waals surface area contributed by atoms with Crippen LogP contribution in [-0.2, 0) is 4.79 Å². The van der Waals surface area contributed by atoms with Gasteiger partial charge in [0.15, 0.2) is 0 Å². The van der Waals surface area contributed by atoms with Gasteiger partial charge in [0.25, 0.3) is 0 Å². The summed E-state index contributed by atoms with van der Waals surface area (Å²) in [6, 6.07) is 7.62. The summed E-state index contributed by atoms with van der Waals surface area (Å²) in [5, 5.41) is 9.13. The Morgan fingerprint density at radius 1 is 1.37 bits per heavy atom. The lowest BCUT2D eigenvalue weighted by Crippen LogP contribution is -2.39. The fourth-order valence-electron chi connectivity index (χ4n) is 1.90. The van der Waals surface area contributed by atoms with E-state index in [2.05, 4.69) is 22.0 Å². The van der Waals surface area contributed by atoms with E-state index in [9.17, 15) is 4.79 Å². The SMILES string of the molecule is CCN(CC)C(=O)CN(C)c1ccc(Br)cc1C#N. The highest BCUT2D eigenvalue weighted by atomic mass is 79.9. The quantitative estimate of drug-likeness (QED) is 0.836. The standard InChI is InChI=1S/C14H18BrN3O/c1-4-18(5-2)14(19)10-17(3)13-7-6-12(15)8-11(13)9-16/h6-8H,4-5,10H2,1-3H3. The summed E-state index contributed by atoms with van der Waals surface area (Å²) in [6.45, 7) is 5.60. The average molecular weight is 324 g/mol. The number of carbonyl (C=O) groups is 1. The molecule has 0 aliphatic heterocycles. The van der Waals surface area contributed by atoms with E-state index in [1.807, 2.05) is 37.9 Å². The van der Waals surface area contributed by atoms with Crippen LogP contribution in [0.3, 0.4) is 0 Å². The number of anilines is 1. The molecule has 0 bridgehead atoms. The molecule has 5 heteroatoms. The number of nitrogens with zero attached hydrogens (tertiary/aromatic N) is 3. The Labute approximate surface area is 122 Å². The van der Waals surface area contributed by atoms with Crippen molar-refractivity contribution in [2.45, 2.75) is 13.8 Å². The Morgan fingerprint density at radius 2 is 2.00 bits per heavy atom. The van der Waals surface area contributed by atoms with E-state index >= 15 is 0 Å². The predicted octanol–water partition coefficient (Wildman–Crippen LogP) is 2.63. The van der Waals surface area contributed by atoms with Crippen LogP contribution < -0.4 is 4.90 Å². The number of rotatable bonds is 5. The first-order valence-corrected chi connectivity index (χ1v) is 7.01. The number of hydrogen-bond acceptors (Lipinski definition) is 3. The Balaban J connectivity index is 2.87. The highest BCUT2D eigenvalue weighted by molar-refractivity contribution is 9.10. The summed E-state index contributed by atoms with van der Waals surface area (Å²) in [5.74, 6) is 0.0688. The highest BCUT2D eigenvalue weighted by Crippen LogP contribution is 2.23. The van der Waals surface area contributed by atoms with E-state index in [0.717, 1.165) is 10.2 Å². The number of likely N-dealkylation sites (N-methyl/N-ethyl adjacent to an activating group) is 2. The Hall–Kier alpha value is -1.54. The van der Waals surface area contributed by atoms with E-state index in [-0.39, 0.29) is 12.5 Å². The van der Waals surface area contributed by atoms with Crippen LogP contribution in [-0.4, -0.2) is 37.5 Å². The summed E-state index contributed by atoms with van der Waals surface area (Å²) in [7, 11) is 1.82. The lowest BCUT2D eigenvalue weighted by atomic mass is 10.2. The van der Waals surface area contributed by atoms with Gasteiger partial charge in [0, 0.05) is 24.6 Å². The third-order valence-corrected chi connectivity index (χ3v) is 3.47. The zero-order valence-electron chi connectivity index (χ0n) is 11.5. The predicted molar refractivity (Wildman–Crippen MR) is 80.1 cm³/mol. The van der Waals surface area contributed by atoms with Crippen LogP contribution in [0, 0.1) is 11.3 Å². The van der Waals surface area contributed by atoms with Crippen molar-refractivity contribution >= 4 is 27.5 Å². The molecule has 0 radical (unpaired) electrons. The van der Waals surface area contributed by atoms with Gasteiger partial charge in [0.05, 0.1) is 17.8 Å². The summed E-state index contributed by atoms with van der Waals surface area (Å²) in [4.78, 5) is 15.6. The molecule has 0 saturated carbocycles. The fourth-order valence-corrected chi connectivity index (χ4v) is 2.26. The van der Waals surface area contributed by atoms with Crippen LogP contribution >= 0.6 is 15.9 Å². The van der Waals surface area contributed by atoms with E-state index < -0.39 is 0 Å². The molecule has 4 nitrogen and oxygen atoms in total. The lowest BCUT2D eigenvalue weighted by Gasteiger charge is -2.25. The molecule has 1 aromatic rings. The zero-order chi connectivity index (χ0) is 14.4. The fraction of sp³-hybridized carbons (Fsp3) is 0.429. The van der Waals surface area contributed by atoms with E-state index in [4.69, 9.17) is 5.26 Å². The molecule has 0 aromatic heterocycles. The van der Waals surface area contributed by atoms with Gasteiger partial charge >= 0.3 is 0 Å². The smallest absolute Gasteiger partial charge is 0.242 e. The second-order valence-corrected chi connectivity index (χ2v) is 5.11. The summed E-state index contributed by atoms with van der Waals surface area (Å²) < 4.78 is 0.858. The largest absolute Gasteiger partial charge is 0.364 e.